The van der Waals surface area contributed by atoms with E-state index < -0.39 is 12.1 Å². The van der Waals surface area contributed by atoms with Crippen LogP contribution in [0.15, 0.2) is 12.3 Å². The Morgan fingerprint density at radius 3 is 2.67 bits per heavy atom. The molecule has 0 amide bonds. The Labute approximate surface area is 83.1 Å². The highest BCUT2D eigenvalue weighted by Gasteiger charge is 2.32. The highest BCUT2D eigenvalue weighted by Crippen LogP contribution is 2.26. The van der Waals surface area contributed by atoms with Gasteiger partial charge in [0.1, 0.15) is 11.6 Å². The number of hydrogen-bond donors (Lipinski definition) is 1. The van der Waals surface area contributed by atoms with Gasteiger partial charge in [-0.1, -0.05) is 0 Å². The second-order valence-electron chi connectivity index (χ2n) is 2.49. The van der Waals surface area contributed by atoms with Gasteiger partial charge in [-0.2, -0.15) is 5.26 Å². The van der Waals surface area contributed by atoms with Crippen LogP contribution in [0.2, 0.25) is 0 Å². The number of nitriles is 1. The van der Waals surface area contributed by atoms with E-state index in [9.17, 15) is 13.2 Å². The predicted octanol–water partition coefficient (Wildman–Crippen LogP) is 1.31. The van der Waals surface area contributed by atoms with Gasteiger partial charge < -0.3 is 10.5 Å². The van der Waals surface area contributed by atoms with Crippen molar-refractivity contribution < 1.29 is 17.9 Å². The lowest BCUT2D eigenvalue weighted by Crippen LogP contribution is -2.18. The minimum atomic E-state index is -4.83. The third-order valence-electron chi connectivity index (χ3n) is 1.52. The fraction of sp³-hybridized carbons (Fsp3) is 0.250. The number of alkyl halides is 3. The number of nitrogens with two attached hydrogens (primary N) is 1. The minimum Gasteiger partial charge on any atom is -0.404 e. The van der Waals surface area contributed by atoms with Crippen molar-refractivity contribution in [3.8, 4) is 11.8 Å². The fourth-order valence-electron chi connectivity index (χ4n) is 0.969. The first-order valence-corrected chi connectivity index (χ1v) is 3.81. The molecule has 0 unspecified atom stereocenters. The normalized spacial score (nSPS) is 10.9. The van der Waals surface area contributed by atoms with E-state index in [4.69, 9.17) is 11.0 Å². The molecule has 15 heavy (non-hydrogen) atoms. The smallest absolute Gasteiger partial charge is 0.404 e. The van der Waals surface area contributed by atoms with Crippen molar-refractivity contribution in [3.63, 3.8) is 0 Å². The van der Waals surface area contributed by atoms with E-state index >= 15 is 0 Å². The molecule has 1 aromatic rings. The second kappa shape index (κ2) is 4.14. The molecule has 80 valence electrons. The largest absolute Gasteiger partial charge is 0.573 e. The Hall–Kier alpha value is -1.81. The molecule has 0 aliphatic heterocycles. The molecule has 1 aromatic heterocycles. The summed E-state index contributed by atoms with van der Waals surface area (Å²) in [6, 6.07) is 2.53. The molecule has 2 N–H and O–H groups in total. The zero-order valence-electron chi connectivity index (χ0n) is 7.38. The van der Waals surface area contributed by atoms with E-state index in [-0.39, 0.29) is 17.8 Å². The van der Waals surface area contributed by atoms with E-state index in [1.54, 1.807) is 6.07 Å². The lowest BCUT2D eigenvalue weighted by Gasteiger charge is -2.11. The van der Waals surface area contributed by atoms with Crippen LogP contribution in [0.5, 0.6) is 5.75 Å². The maximum atomic E-state index is 11.9. The van der Waals surface area contributed by atoms with Crippen LogP contribution in [-0.2, 0) is 6.54 Å². The van der Waals surface area contributed by atoms with Crippen molar-refractivity contribution in [1.82, 2.24) is 4.98 Å². The molecule has 0 aliphatic rings. The number of ether oxygens (including phenoxy) is 1. The number of halogens is 3. The summed E-state index contributed by atoms with van der Waals surface area (Å²) in [5.74, 6) is -0.583. The maximum Gasteiger partial charge on any atom is 0.573 e. The summed E-state index contributed by atoms with van der Waals surface area (Å²) in [6.45, 7) is -0.127. The summed E-state index contributed by atoms with van der Waals surface area (Å²) in [4.78, 5) is 3.66. The predicted molar refractivity (Wildman–Crippen MR) is 43.5 cm³/mol. The first-order chi connectivity index (χ1) is 6.98. The van der Waals surface area contributed by atoms with Crippen LogP contribution in [0.4, 0.5) is 13.2 Å². The zero-order valence-corrected chi connectivity index (χ0v) is 7.38. The van der Waals surface area contributed by atoms with Gasteiger partial charge in [0.2, 0.25) is 0 Å². The fourth-order valence-corrected chi connectivity index (χ4v) is 0.969. The van der Waals surface area contributed by atoms with E-state index in [1.807, 2.05) is 0 Å². The van der Waals surface area contributed by atoms with E-state index in [2.05, 4.69) is 9.72 Å². The molecule has 0 spiro atoms. The average molecular weight is 217 g/mol. The first kappa shape index (κ1) is 11.3. The van der Waals surface area contributed by atoms with E-state index in [0.29, 0.717) is 0 Å². The number of rotatable bonds is 2. The van der Waals surface area contributed by atoms with Gasteiger partial charge in [0.25, 0.3) is 0 Å². The molecule has 4 nitrogen and oxygen atoms in total. The summed E-state index contributed by atoms with van der Waals surface area (Å²) >= 11 is 0. The molecule has 0 radical (unpaired) electrons. The second-order valence-corrected chi connectivity index (χ2v) is 2.49. The summed E-state index contributed by atoms with van der Waals surface area (Å²) in [6.07, 6.45) is -3.73. The topological polar surface area (TPSA) is 71.9 Å². The monoisotopic (exact) mass is 217 g/mol. The quantitative estimate of drug-likeness (QED) is 0.810. The van der Waals surface area contributed by atoms with Crippen molar-refractivity contribution in [1.29, 1.82) is 5.26 Å². The summed E-state index contributed by atoms with van der Waals surface area (Å²) in [7, 11) is 0. The van der Waals surface area contributed by atoms with Gasteiger partial charge in [-0.3, -0.25) is 4.98 Å². The van der Waals surface area contributed by atoms with Gasteiger partial charge in [0.05, 0.1) is 5.69 Å². The highest BCUT2D eigenvalue weighted by atomic mass is 19.4. The SMILES string of the molecule is N#Cc1c(OC(F)(F)F)ccnc1CN. The van der Waals surface area contributed by atoms with Crippen LogP contribution >= 0.6 is 0 Å². The Bertz CT molecular complexity index is 397. The van der Waals surface area contributed by atoms with Crippen LogP contribution in [0.3, 0.4) is 0 Å². The number of pyridine rings is 1. The molecule has 0 saturated heterocycles. The zero-order chi connectivity index (χ0) is 11.5. The molecular formula is C8H6F3N3O. The van der Waals surface area contributed by atoms with E-state index in [0.717, 1.165) is 12.3 Å². The summed E-state index contributed by atoms with van der Waals surface area (Å²) in [5.41, 5.74) is 4.98. The third kappa shape index (κ3) is 2.82. The Morgan fingerprint density at radius 1 is 1.53 bits per heavy atom. The Kier molecular flexibility index (Phi) is 3.11. The third-order valence-corrected chi connectivity index (χ3v) is 1.52. The van der Waals surface area contributed by atoms with Gasteiger partial charge in [0, 0.05) is 18.8 Å². The van der Waals surface area contributed by atoms with Gasteiger partial charge in [-0.05, 0) is 0 Å². The first-order valence-electron chi connectivity index (χ1n) is 3.81. The molecule has 0 aliphatic carbocycles. The standard InChI is InChI=1S/C8H6F3N3O/c9-8(10,11)15-7-1-2-14-6(4-13)5(7)3-12/h1-2H,4,13H2. The molecule has 0 aromatic carbocycles. The van der Waals surface area contributed by atoms with Gasteiger partial charge in [-0.25, -0.2) is 0 Å². The lowest BCUT2D eigenvalue weighted by atomic mass is 10.2. The van der Waals surface area contributed by atoms with Crippen LogP contribution in [0, 0.1) is 11.3 Å². The van der Waals surface area contributed by atoms with Gasteiger partial charge in [0.15, 0.2) is 5.75 Å². The molecular weight excluding hydrogens is 211 g/mol. The van der Waals surface area contributed by atoms with Gasteiger partial charge >= 0.3 is 6.36 Å². The number of aromatic nitrogens is 1. The number of hydrogen-bond acceptors (Lipinski definition) is 4. The van der Waals surface area contributed by atoms with Crippen molar-refractivity contribution in [2.75, 3.05) is 0 Å². The maximum absolute atomic E-state index is 11.9. The van der Waals surface area contributed by atoms with Crippen LogP contribution in [-0.4, -0.2) is 11.3 Å². The van der Waals surface area contributed by atoms with Crippen LogP contribution < -0.4 is 10.5 Å². The van der Waals surface area contributed by atoms with Crippen LogP contribution in [0.1, 0.15) is 11.3 Å². The van der Waals surface area contributed by atoms with Crippen molar-refractivity contribution in [2.45, 2.75) is 12.9 Å². The molecule has 0 bridgehead atoms. The molecule has 0 saturated carbocycles. The Balaban J connectivity index is 3.14. The average Bonchev–Trinajstić information content (AvgIpc) is 2.15. The van der Waals surface area contributed by atoms with E-state index in [1.165, 1.54) is 0 Å². The highest BCUT2D eigenvalue weighted by molar-refractivity contribution is 5.45. The lowest BCUT2D eigenvalue weighted by molar-refractivity contribution is -0.274. The molecule has 1 heterocycles. The van der Waals surface area contributed by atoms with Crippen LogP contribution in [0.25, 0.3) is 0 Å². The minimum absolute atomic E-state index is 0.0688. The van der Waals surface area contributed by atoms with Crippen molar-refractivity contribution in [2.24, 2.45) is 5.73 Å². The molecule has 0 atom stereocenters. The molecule has 1 rings (SSSR count). The summed E-state index contributed by atoms with van der Waals surface area (Å²) in [5, 5.41) is 8.63. The van der Waals surface area contributed by atoms with Crippen molar-refractivity contribution in [3.05, 3.63) is 23.5 Å². The Morgan fingerprint density at radius 2 is 2.20 bits per heavy atom. The van der Waals surface area contributed by atoms with Gasteiger partial charge in [-0.15, -0.1) is 13.2 Å². The number of nitrogens with zero attached hydrogens (tertiary/aromatic N) is 2. The summed E-state index contributed by atoms with van der Waals surface area (Å²) < 4.78 is 39.4. The molecule has 7 heteroatoms. The molecule has 0 fully saturated rings. The van der Waals surface area contributed by atoms with Crippen molar-refractivity contribution >= 4 is 0 Å².